The molecule has 2 nitrogen and oxygen atoms in total. The minimum Gasteiger partial charge on any atom is -0.297 e. The van der Waals surface area contributed by atoms with Gasteiger partial charge in [0.05, 0.1) is 0 Å². The van der Waals surface area contributed by atoms with Crippen LogP contribution in [0.5, 0.6) is 0 Å². The van der Waals surface area contributed by atoms with Gasteiger partial charge in [-0.15, -0.1) is 0 Å². The highest BCUT2D eigenvalue weighted by atomic mass is 31.2. The van der Waals surface area contributed by atoms with E-state index in [1.54, 1.807) is 0 Å². The van der Waals surface area contributed by atoms with Gasteiger partial charge < -0.3 is 0 Å². The summed E-state index contributed by atoms with van der Waals surface area (Å²) >= 11 is 0. The van der Waals surface area contributed by atoms with Crippen molar-refractivity contribution in [3.63, 3.8) is 0 Å². The number of rotatable bonds is 5. The minimum absolute atomic E-state index is 0.0625. The van der Waals surface area contributed by atoms with E-state index in [-0.39, 0.29) is 6.04 Å². The lowest BCUT2D eigenvalue weighted by molar-refractivity contribution is 0.452. The second kappa shape index (κ2) is 7.56. The number of nitrogens with one attached hydrogen (secondary N) is 1. The molecule has 0 bridgehead atoms. The van der Waals surface area contributed by atoms with E-state index in [4.69, 9.17) is 0 Å². The molecule has 0 amide bonds. The van der Waals surface area contributed by atoms with Crippen LogP contribution in [0.1, 0.15) is 26.7 Å². The monoisotopic (exact) mass is 351 g/mol. The van der Waals surface area contributed by atoms with Crippen LogP contribution in [0, 0.1) is 5.92 Å². The Bertz CT molecular complexity index is 767. The summed E-state index contributed by atoms with van der Waals surface area (Å²) in [6.45, 7) is 8.41. The van der Waals surface area contributed by atoms with Gasteiger partial charge in [-0.2, -0.15) is 0 Å². The molecule has 2 aromatic rings. The van der Waals surface area contributed by atoms with Gasteiger partial charge >= 0.3 is 0 Å². The first kappa shape index (κ1) is 17.9. The topological polar surface area (TPSA) is 29.1 Å². The van der Waals surface area contributed by atoms with Crippen LogP contribution in [0.25, 0.3) is 0 Å². The fourth-order valence-electron chi connectivity index (χ4n) is 3.48. The van der Waals surface area contributed by atoms with Gasteiger partial charge in [0.1, 0.15) is 0 Å². The first-order valence-electron chi connectivity index (χ1n) is 8.85. The Balaban J connectivity index is 2.04. The average Bonchev–Trinajstić information content (AvgIpc) is 2.63. The lowest BCUT2D eigenvalue weighted by Crippen LogP contribution is -2.38. The smallest absolute Gasteiger partial charge is 0.205 e. The molecule has 3 heteroatoms. The lowest BCUT2D eigenvalue weighted by atomic mass is 9.85. The normalized spacial score (nSPS) is 20.8. The SMILES string of the molecule is C=C(C)C1=CC[C@@H](C)C[C@H]1NP(=O)(c1ccccc1)c1ccccc1. The molecule has 0 heterocycles. The van der Waals surface area contributed by atoms with Gasteiger partial charge in [-0.1, -0.05) is 61.5 Å². The van der Waals surface area contributed by atoms with Crippen LogP contribution < -0.4 is 15.7 Å². The van der Waals surface area contributed by atoms with Gasteiger partial charge in [0.25, 0.3) is 0 Å². The zero-order valence-electron chi connectivity index (χ0n) is 15.0. The summed E-state index contributed by atoms with van der Waals surface area (Å²) in [5, 5.41) is 5.25. The molecule has 0 aliphatic heterocycles. The third-order valence-corrected chi connectivity index (χ3v) is 7.55. The Morgan fingerprint density at radius 2 is 1.56 bits per heavy atom. The van der Waals surface area contributed by atoms with Crippen LogP contribution in [-0.2, 0) is 4.57 Å². The van der Waals surface area contributed by atoms with E-state index in [0.717, 1.165) is 29.0 Å². The molecule has 0 spiro atoms. The van der Waals surface area contributed by atoms with E-state index < -0.39 is 7.29 Å². The van der Waals surface area contributed by atoms with Crippen molar-refractivity contribution in [3.8, 4) is 0 Å². The van der Waals surface area contributed by atoms with E-state index in [9.17, 15) is 4.57 Å². The second-order valence-corrected chi connectivity index (χ2v) is 9.49. The molecule has 0 aromatic heterocycles. The minimum atomic E-state index is -2.93. The Kier molecular flexibility index (Phi) is 5.42. The largest absolute Gasteiger partial charge is 0.297 e. The predicted octanol–water partition coefficient (Wildman–Crippen LogP) is 4.81. The maximum atomic E-state index is 14.2. The zero-order chi connectivity index (χ0) is 17.9. The summed E-state index contributed by atoms with van der Waals surface area (Å²) in [6.07, 6.45) is 4.29. The molecule has 3 rings (SSSR count). The standard InChI is InChI=1S/C22H26NOP/c1-17(2)21-15-14-18(3)16-22(21)23-25(24,19-10-6-4-7-11-19)20-12-8-5-9-13-20/h4-13,15,18,22H,1,14,16H2,2-3H3,(H,23,24)/t18-,22-/m1/s1. The van der Waals surface area contributed by atoms with Crippen LogP contribution in [-0.4, -0.2) is 6.04 Å². The van der Waals surface area contributed by atoms with Crippen molar-refractivity contribution in [2.24, 2.45) is 5.92 Å². The highest BCUT2D eigenvalue weighted by molar-refractivity contribution is 7.76. The van der Waals surface area contributed by atoms with Gasteiger partial charge in [-0.25, -0.2) is 0 Å². The highest BCUT2D eigenvalue weighted by Crippen LogP contribution is 2.42. The molecule has 0 unspecified atom stereocenters. The van der Waals surface area contributed by atoms with Gasteiger partial charge in [0.2, 0.25) is 7.29 Å². The first-order chi connectivity index (χ1) is 12.0. The number of hydrogen-bond donors (Lipinski definition) is 1. The third kappa shape index (κ3) is 3.86. The summed E-state index contributed by atoms with van der Waals surface area (Å²) in [7, 11) is -2.93. The number of hydrogen-bond acceptors (Lipinski definition) is 1. The summed E-state index contributed by atoms with van der Waals surface area (Å²) < 4.78 is 14.2. The Labute approximate surface area is 151 Å². The molecular weight excluding hydrogens is 325 g/mol. The molecule has 25 heavy (non-hydrogen) atoms. The lowest BCUT2D eigenvalue weighted by Gasteiger charge is -2.33. The highest BCUT2D eigenvalue weighted by Gasteiger charge is 2.33. The Morgan fingerprint density at radius 3 is 2.04 bits per heavy atom. The molecule has 2 aromatic carbocycles. The van der Waals surface area contributed by atoms with Gasteiger partial charge in [0.15, 0.2) is 0 Å². The predicted molar refractivity (Wildman–Crippen MR) is 108 cm³/mol. The molecule has 0 saturated heterocycles. The maximum absolute atomic E-state index is 14.2. The van der Waals surface area contributed by atoms with Crippen molar-refractivity contribution < 1.29 is 4.57 Å². The van der Waals surface area contributed by atoms with E-state index in [1.165, 1.54) is 5.57 Å². The van der Waals surface area contributed by atoms with Crippen molar-refractivity contribution in [2.75, 3.05) is 0 Å². The van der Waals surface area contributed by atoms with Crippen LogP contribution >= 0.6 is 7.29 Å². The maximum Gasteiger partial charge on any atom is 0.205 e. The Morgan fingerprint density at radius 1 is 1.04 bits per heavy atom. The van der Waals surface area contributed by atoms with Crippen LogP contribution in [0.2, 0.25) is 0 Å². The molecule has 130 valence electrons. The van der Waals surface area contributed by atoms with Crippen LogP contribution in [0.3, 0.4) is 0 Å². The molecule has 1 aliphatic carbocycles. The van der Waals surface area contributed by atoms with E-state index in [2.05, 4.69) is 24.7 Å². The fourth-order valence-corrected chi connectivity index (χ4v) is 5.95. The van der Waals surface area contributed by atoms with Crippen molar-refractivity contribution in [2.45, 2.75) is 32.7 Å². The van der Waals surface area contributed by atoms with E-state index in [0.29, 0.717) is 5.92 Å². The summed E-state index contributed by atoms with van der Waals surface area (Å²) in [5.41, 5.74) is 2.25. The second-order valence-electron chi connectivity index (χ2n) is 6.98. The first-order valence-corrected chi connectivity index (χ1v) is 10.6. The molecule has 1 N–H and O–H groups in total. The van der Waals surface area contributed by atoms with Crippen molar-refractivity contribution in [1.29, 1.82) is 0 Å². The number of allylic oxidation sites excluding steroid dienone is 1. The Hall–Kier alpha value is -1.89. The molecule has 2 atom stereocenters. The quantitative estimate of drug-likeness (QED) is 0.784. The zero-order valence-corrected chi connectivity index (χ0v) is 15.9. The average molecular weight is 351 g/mol. The van der Waals surface area contributed by atoms with E-state index in [1.807, 2.05) is 67.6 Å². The third-order valence-electron chi connectivity index (χ3n) is 4.82. The van der Waals surface area contributed by atoms with Crippen molar-refractivity contribution >= 4 is 17.9 Å². The molecule has 1 aliphatic rings. The molecule has 0 radical (unpaired) electrons. The van der Waals surface area contributed by atoms with Crippen LogP contribution in [0.4, 0.5) is 0 Å². The van der Waals surface area contributed by atoms with Crippen LogP contribution in [0.15, 0.2) is 84.5 Å². The molecule has 0 fully saturated rings. The number of benzene rings is 2. The summed E-state index contributed by atoms with van der Waals surface area (Å²) in [4.78, 5) is 0. The molecular formula is C22H26NOP. The summed E-state index contributed by atoms with van der Waals surface area (Å²) in [5.74, 6) is 0.570. The molecule has 0 saturated carbocycles. The van der Waals surface area contributed by atoms with Crippen molar-refractivity contribution in [3.05, 3.63) is 84.5 Å². The van der Waals surface area contributed by atoms with Gasteiger partial charge in [-0.3, -0.25) is 9.65 Å². The van der Waals surface area contributed by atoms with Gasteiger partial charge in [-0.05, 0) is 55.5 Å². The summed E-state index contributed by atoms with van der Waals surface area (Å²) in [6, 6.07) is 19.6. The van der Waals surface area contributed by atoms with E-state index >= 15 is 0 Å². The fraction of sp³-hybridized carbons (Fsp3) is 0.273. The van der Waals surface area contributed by atoms with Gasteiger partial charge in [0, 0.05) is 16.7 Å². The van der Waals surface area contributed by atoms with Crippen molar-refractivity contribution in [1.82, 2.24) is 5.09 Å².